The molecule has 1 aliphatic heterocycles. The van der Waals surface area contributed by atoms with Gasteiger partial charge in [-0.25, -0.2) is 9.37 Å². The first-order valence-corrected chi connectivity index (χ1v) is 12.0. The van der Waals surface area contributed by atoms with E-state index in [0.29, 0.717) is 54.3 Å². The van der Waals surface area contributed by atoms with Gasteiger partial charge in [0, 0.05) is 37.4 Å². The summed E-state index contributed by atoms with van der Waals surface area (Å²) in [5, 5.41) is 7.88. The molecule has 0 unspecified atom stereocenters. The molecule has 2 aromatic carbocycles. The van der Waals surface area contributed by atoms with Crippen molar-refractivity contribution in [2.24, 2.45) is 0 Å². The fourth-order valence-corrected chi connectivity index (χ4v) is 4.39. The van der Waals surface area contributed by atoms with Crippen LogP contribution >= 0.6 is 0 Å². The van der Waals surface area contributed by atoms with E-state index in [1.807, 2.05) is 42.0 Å². The molecule has 0 amide bonds. The molecule has 37 heavy (non-hydrogen) atoms. The summed E-state index contributed by atoms with van der Waals surface area (Å²) in [4.78, 5) is 6.91. The predicted octanol–water partition coefficient (Wildman–Crippen LogP) is 5.16. The Hall–Kier alpha value is -4.21. The Morgan fingerprint density at radius 2 is 1.86 bits per heavy atom. The highest BCUT2D eigenvalue weighted by Crippen LogP contribution is 2.40. The minimum Gasteiger partial charge on any atom is -0.493 e. The van der Waals surface area contributed by atoms with E-state index in [1.165, 1.54) is 12.1 Å². The topological polar surface area (TPSA) is 82.4 Å². The molecule has 1 aliphatic rings. The summed E-state index contributed by atoms with van der Waals surface area (Å²) in [6.07, 6.45) is 1.84. The van der Waals surface area contributed by atoms with E-state index in [1.54, 1.807) is 14.2 Å². The van der Waals surface area contributed by atoms with Crippen LogP contribution in [0.3, 0.4) is 0 Å². The lowest BCUT2D eigenvalue weighted by atomic mass is 10.1. The van der Waals surface area contributed by atoms with Crippen molar-refractivity contribution in [1.82, 2.24) is 14.6 Å². The molecule has 0 saturated carbocycles. The van der Waals surface area contributed by atoms with E-state index >= 15 is 0 Å². The zero-order chi connectivity index (χ0) is 26.1. The number of nitrogens with zero attached hydrogens (tertiary/aromatic N) is 4. The zero-order valence-corrected chi connectivity index (χ0v) is 21.5. The lowest BCUT2D eigenvalue weighted by molar-refractivity contribution is 0.172. The molecule has 0 fully saturated rings. The second kappa shape index (κ2) is 10.0. The summed E-state index contributed by atoms with van der Waals surface area (Å²) >= 11 is 0. The highest BCUT2D eigenvalue weighted by Gasteiger charge is 2.21. The SMILES string of the molecule is COc1ccc(CN(C)c2cc(Nc3cc(F)cc4c3OCCO4)nc3c(C(C)C)cnn23)cc1OC. The van der Waals surface area contributed by atoms with Gasteiger partial charge in [0.2, 0.25) is 0 Å². The van der Waals surface area contributed by atoms with Gasteiger partial charge in [-0.2, -0.15) is 9.61 Å². The first-order chi connectivity index (χ1) is 17.9. The number of benzene rings is 2. The molecular weight excluding hydrogens is 477 g/mol. The molecule has 0 radical (unpaired) electrons. The molecule has 5 rings (SSSR count). The van der Waals surface area contributed by atoms with Crippen LogP contribution in [0.2, 0.25) is 0 Å². The average Bonchev–Trinajstić information content (AvgIpc) is 3.32. The third-order valence-corrected chi connectivity index (χ3v) is 6.23. The van der Waals surface area contributed by atoms with E-state index in [-0.39, 0.29) is 5.92 Å². The van der Waals surface area contributed by atoms with Crippen molar-refractivity contribution >= 4 is 23.0 Å². The number of hydrogen-bond donors (Lipinski definition) is 1. The number of hydrogen-bond acceptors (Lipinski definition) is 8. The summed E-state index contributed by atoms with van der Waals surface area (Å²) < 4.78 is 38.4. The summed E-state index contributed by atoms with van der Waals surface area (Å²) in [6, 6.07) is 10.4. The number of ether oxygens (including phenoxy) is 4. The highest BCUT2D eigenvalue weighted by atomic mass is 19.1. The summed E-state index contributed by atoms with van der Waals surface area (Å²) in [6.45, 7) is 5.53. The first kappa shape index (κ1) is 24.5. The van der Waals surface area contributed by atoms with Gasteiger partial charge < -0.3 is 29.2 Å². The van der Waals surface area contributed by atoms with Crippen molar-refractivity contribution < 1.29 is 23.3 Å². The maximum atomic E-state index is 14.4. The van der Waals surface area contributed by atoms with E-state index < -0.39 is 5.82 Å². The molecule has 10 heteroatoms. The summed E-state index contributed by atoms with van der Waals surface area (Å²) in [5.41, 5.74) is 3.20. The van der Waals surface area contributed by atoms with Crippen LogP contribution in [0.1, 0.15) is 30.9 Å². The van der Waals surface area contributed by atoms with Gasteiger partial charge in [0.05, 0.1) is 26.1 Å². The molecular formula is C27H30FN5O4. The largest absolute Gasteiger partial charge is 0.493 e. The fourth-order valence-electron chi connectivity index (χ4n) is 4.39. The lowest BCUT2D eigenvalue weighted by Crippen LogP contribution is -2.20. The maximum Gasteiger partial charge on any atom is 0.185 e. The van der Waals surface area contributed by atoms with Crippen LogP contribution in [0.25, 0.3) is 5.65 Å². The highest BCUT2D eigenvalue weighted by molar-refractivity contribution is 5.72. The van der Waals surface area contributed by atoms with Crippen molar-refractivity contribution in [2.45, 2.75) is 26.3 Å². The first-order valence-electron chi connectivity index (χ1n) is 12.0. The molecule has 0 saturated heterocycles. The standard InChI is InChI=1S/C27H30FN5O4/c1-16(2)19-14-29-33-25(32(3)15-17-6-7-21(34-4)22(10-17)35-5)13-24(31-27(19)33)30-20-11-18(28)12-23-26(20)37-9-8-36-23/h6-7,10-14,16H,8-9,15H2,1-5H3,(H,30,31). The van der Waals surface area contributed by atoms with Crippen LogP contribution in [-0.2, 0) is 6.54 Å². The Morgan fingerprint density at radius 1 is 1.08 bits per heavy atom. The van der Waals surface area contributed by atoms with Gasteiger partial charge in [-0.05, 0) is 23.6 Å². The third-order valence-electron chi connectivity index (χ3n) is 6.23. The number of halogens is 1. The van der Waals surface area contributed by atoms with Crippen molar-refractivity contribution in [3.8, 4) is 23.0 Å². The number of nitrogens with one attached hydrogen (secondary N) is 1. The number of methoxy groups -OCH3 is 2. The molecule has 4 aromatic rings. The summed E-state index contributed by atoms with van der Waals surface area (Å²) in [7, 11) is 5.21. The van der Waals surface area contributed by atoms with Crippen molar-refractivity contribution in [3.05, 3.63) is 59.5 Å². The molecule has 2 aromatic heterocycles. The number of rotatable bonds is 8. The number of fused-ring (bicyclic) bond motifs is 2. The Morgan fingerprint density at radius 3 is 2.62 bits per heavy atom. The van der Waals surface area contributed by atoms with E-state index in [2.05, 4.69) is 29.2 Å². The van der Waals surface area contributed by atoms with Gasteiger partial charge in [-0.15, -0.1) is 0 Å². The molecule has 0 atom stereocenters. The molecule has 0 aliphatic carbocycles. The smallest absolute Gasteiger partial charge is 0.185 e. The van der Waals surface area contributed by atoms with Crippen LogP contribution < -0.4 is 29.2 Å². The van der Waals surface area contributed by atoms with Gasteiger partial charge in [0.1, 0.15) is 30.7 Å². The van der Waals surface area contributed by atoms with Crippen molar-refractivity contribution in [3.63, 3.8) is 0 Å². The molecule has 1 N–H and O–H groups in total. The maximum absolute atomic E-state index is 14.4. The van der Waals surface area contributed by atoms with Crippen LogP contribution in [0.15, 0.2) is 42.6 Å². The molecule has 9 nitrogen and oxygen atoms in total. The van der Waals surface area contributed by atoms with Crippen LogP contribution in [0.5, 0.6) is 23.0 Å². The second-order valence-corrected chi connectivity index (χ2v) is 9.14. The van der Waals surface area contributed by atoms with E-state index in [0.717, 1.165) is 22.6 Å². The Bertz CT molecular complexity index is 1440. The fraction of sp³-hybridized carbons (Fsp3) is 0.333. The minimum absolute atomic E-state index is 0.211. The molecule has 194 valence electrons. The quantitative estimate of drug-likeness (QED) is 0.350. The summed E-state index contributed by atoms with van der Waals surface area (Å²) in [5.74, 6) is 3.29. The van der Waals surface area contributed by atoms with E-state index in [4.69, 9.17) is 23.9 Å². The van der Waals surface area contributed by atoms with Gasteiger partial charge in [0.25, 0.3) is 0 Å². The predicted molar refractivity (Wildman–Crippen MR) is 139 cm³/mol. The van der Waals surface area contributed by atoms with Gasteiger partial charge in [0.15, 0.2) is 28.6 Å². The van der Waals surface area contributed by atoms with Gasteiger partial charge in [-0.1, -0.05) is 19.9 Å². The van der Waals surface area contributed by atoms with Gasteiger partial charge >= 0.3 is 0 Å². The Labute approximate surface area is 214 Å². The molecule has 0 bridgehead atoms. The number of anilines is 3. The minimum atomic E-state index is -0.425. The average molecular weight is 508 g/mol. The van der Waals surface area contributed by atoms with Crippen LogP contribution in [-0.4, -0.2) is 49.1 Å². The van der Waals surface area contributed by atoms with Crippen molar-refractivity contribution in [2.75, 3.05) is 44.7 Å². The second-order valence-electron chi connectivity index (χ2n) is 9.14. The van der Waals surface area contributed by atoms with Crippen LogP contribution in [0.4, 0.5) is 21.7 Å². The third kappa shape index (κ3) is 4.78. The Balaban J connectivity index is 1.55. The lowest BCUT2D eigenvalue weighted by Gasteiger charge is -2.23. The molecule has 3 heterocycles. The van der Waals surface area contributed by atoms with Crippen molar-refractivity contribution in [1.29, 1.82) is 0 Å². The molecule has 0 spiro atoms. The van der Waals surface area contributed by atoms with Crippen LogP contribution in [0, 0.1) is 5.82 Å². The zero-order valence-electron chi connectivity index (χ0n) is 21.5. The monoisotopic (exact) mass is 507 g/mol. The number of aromatic nitrogens is 3. The van der Waals surface area contributed by atoms with E-state index in [9.17, 15) is 4.39 Å². The van der Waals surface area contributed by atoms with Gasteiger partial charge in [-0.3, -0.25) is 0 Å². The normalized spacial score (nSPS) is 12.6. The Kier molecular flexibility index (Phi) is 6.64.